The van der Waals surface area contributed by atoms with Crippen LogP contribution in [0.1, 0.15) is 23.8 Å². The summed E-state index contributed by atoms with van der Waals surface area (Å²) in [6, 6.07) is 8.02. The Morgan fingerprint density at radius 2 is 2.00 bits per heavy atom. The normalized spacial score (nSPS) is 23.0. The molecule has 0 bridgehead atoms. The molecular formula is C16H22N2O2S. The minimum absolute atomic E-state index is 0.0938. The molecule has 0 spiro atoms. The highest BCUT2D eigenvalue weighted by Gasteiger charge is 2.34. The van der Waals surface area contributed by atoms with Crippen LogP contribution in [0.2, 0.25) is 0 Å². The van der Waals surface area contributed by atoms with Crippen molar-refractivity contribution < 1.29 is 9.53 Å². The monoisotopic (exact) mass is 306 g/mol. The van der Waals surface area contributed by atoms with E-state index in [2.05, 4.69) is 11.0 Å². The lowest BCUT2D eigenvalue weighted by atomic mass is 10.2. The van der Waals surface area contributed by atoms with E-state index in [0.717, 1.165) is 24.4 Å². The van der Waals surface area contributed by atoms with E-state index in [1.165, 1.54) is 25.9 Å². The molecule has 4 nitrogen and oxygen atoms in total. The van der Waals surface area contributed by atoms with Crippen LogP contribution < -0.4 is 4.74 Å². The van der Waals surface area contributed by atoms with Crippen molar-refractivity contribution in [3.05, 3.63) is 29.8 Å². The van der Waals surface area contributed by atoms with Gasteiger partial charge in [-0.2, -0.15) is 0 Å². The molecule has 2 saturated heterocycles. The van der Waals surface area contributed by atoms with E-state index in [4.69, 9.17) is 4.74 Å². The second-order valence-electron chi connectivity index (χ2n) is 5.54. The lowest BCUT2D eigenvalue weighted by Crippen LogP contribution is -2.36. The Hall–Kier alpha value is -1.20. The molecule has 2 aliphatic rings. The fourth-order valence-corrected chi connectivity index (χ4v) is 4.32. The van der Waals surface area contributed by atoms with Crippen molar-refractivity contribution in [2.45, 2.75) is 18.2 Å². The summed E-state index contributed by atoms with van der Waals surface area (Å²) in [5.41, 5.74) is 1.11. The molecule has 1 aromatic carbocycles. The number of benzene rings is 1. The number of hydrogen-bond acceptors (Lipinski definition) is 4. The standard InChI is InChI=1S/C16H22N2O2S/c1-20-14-7-3-2-6-13(14)16-18(15(19)12-21-16)11-10-17-8-4-5-9-17/h2-3,6-7,16H,4-5,8-12H2,1H3. The van der Waals surface area contributed by atoms with Gasteiger partial charge in [0.05, 0.1) is 12.9 Å². The van der Waals surface area contributed by atoms with Crippen LogP contribution in [0.4, 0.5) is 0 Å². The van der Waals surface area contributed by atoms with Crippen LogP contribution in [0.3, 0.4) is 0 Å². The van der Waals surface area contributed by atoms with Gasteiger partial charge >= 0.3 is 0 Å². The van der Waals surface area contributed by atoms with Gasteiger partial charge in [-0.1, -0.05) is 18.2 Å². The van der Waals surface area contributed by atoms with Crippen molar-refractivity contribution in [1.82, 2.24) is 9.80 Å². The third-order valence-electron chi connectivity index (χ3n) is 4.23. The number of rotatable bonds is 5. The molecule has 0 radical (unpaired) electrons. The lowest BCUT2D eigenvalue weighted by Gasteiger charge is -2.27. The zero-order valence-electron chi connectivity index (χ0n) is 12.5. The fourth-order valence-electron chi connectivity index (χ4n) is 3.08. The number of ether oxygens (including phenoxy) is 1. The molecule has 1 amide bonds. The number of para-hydroxylation sites is 1. The third-order valence-corrected chi connectivity index (χ3v) is 5.47. The maximum atomic E-state index is 12.2. The number of hydrogen-bond donors (Lipinski definition) is 0. The first-order valence-electron chi connectivity index (χ1n) is 7.56. The topological polar surface area (TPSA) is 32.8 Å². The van der Waals surface area contributed by atoms with Gasteiger partial charge in [-0.3, -0.25) is 4.79 Å². The molecule has 0 saturated carbocycles. The lowest BCUT2D eigenvalue weighted by molar-refractivity contribution is -0.128. The van der Waals surface area contributed by atoms with Gasteiger partial charge in [-0.25, -0.2) is 0 Å². The van der Waals surface area contributed by atoms with Crippen LogP contribution in [0.25, 0.3) is 0 Å². The van der Waals surface area contributed by atoms with Gasteiger partial charge in [0.15, 0.2) is 0 Å². The van der Waals surface area contributed by atoms with E-state index in [9.17, 15) is 4.79 Å². The maximum Gasteiger partial charge on any atom is 0.233 e. The summed E-state index contributed by atoms with van der Waals surface area (Å²) in [7, 11) is 1.69. The number of carbonyl (C=O) groups is 1. The van der Waals surface area contributed by atoms with Crippen molar-refractivity contribution in [3.8, 4) is 5.75 Å². The number of carbonyl (C=O) groups excluding carboxylic acids is 1. The third kappa shape index (κ3) is 3.19. The molecule has 5 heteroatoms. The summed E-state index contributed by atoms with van der Waals surface area (Å²) in [6.45, 7) is 4.15. The van der Waals surface area contributed by atoms with Gasteiger partial charge in [0.25, 0.3) is 0 Å². The van der Waals surface area contributed by atoms with Crippen molar-refractivity contribution in [2.24, 2.45) is 0 Å². The summed E-state index contributed by atoms with van der Waals surface area (Å²) < 4.78 is 5.46. The van der Waals surface area contributed by atoms with Crippen LogP contribution in [0.15, 0.2) is 24.3 Å². The second kappa shape index (κ2) is 6.71. The van der Waals surface area contributed by atoms with E-state index < -0.39 is 0 Å². The summed E-state index contributed by atoms with van der Waals surface area (Å²) in [5.74, 6) is 1.69. The largest absolute Gasteiger partial charge is 0.496 e. The molecule has 2 fully saturated rings. The zero-order chi connectivity index (χ0) is 14.7. The Kier molecular flexibility index (Phi) is 4.70. The maximum absolute atomic E-state index is 12.2. The first kappa shape index (κ1) is 14.7. The number of amides is 1. The van der Waals surface area contributed by atoms with Crippen LogP contribution in [-0.4, -0.2) is 54.7 Å². The Morgan fingerprint density at radius 3 is 2.76 bits per heavy atom. The number of methoxy groups -OCH3 is 1. The molecule has 2 heterocycles. The van der Waals surface area contributed by atoms with Crippen LogP contribution in [0.5, 0.6) is 5.75 Å². The predicted octanol–water partition coefficient (Wildman–Crippen LogP) is 2.37. The second-order valence-corrected chi connectivity index (χ2v) is 6.61. The molecule has 1 atom stereocenters. The van der Waals surface area contributed by atoms with Crippen LogP contribution >= 0.6 is 11.8 Å². The van der Waals surface area contributed by atoms with Crippen molar-refractivity contribution in [3.63, 3.8) is 0 Å². The molecule has 1 aromatic rings. The van der Waals surface area contributed by atoms with Gasteiger partial charge < -0.3 is 14.5 Å². The van der Waals surface area contributed by atoms with Crippen molar-refractivity contribution in [2.75, 3.05) is 39.0 Å². The first-order valence-corrected chi connectivity index (χ1v) is 8.61. The van der Waals surface area contributed by atoms with E-state index in [-0.39, 0.29) is 11.3 Å². The summed E-state index contributed by atoms with van der Waals surface area (Å²) >= 11 is 1.70. The summed E-state index contributed by atoms with van der Waals surface area (Å²) in [4.78, 5) is 16.7. The SMILES string of the molecule is COc1ccccc1C1SCC(=O)N1CCN1CCCC1. The Bertz CT molecular complexity index is 503. The first-order chi connectivity index (χ1) is 10.3. The van der Waals surface area contributed by atoms with E-state index in [1.54, 1.807) is 18.9 Å². The van der Waals surface area contributed by atoms with Gasteiger partial charge in [0, 0.05) is 18.7 Å². The molecule has 0 aliphatic carbocycles. The van der Waals surface area contributed by atoms with Gasteiger partial charge in [0.2, 0.25) is 5.91 Å². The fraction of sp³-hybridized carbons (Fsp3) is 0.562. The Labute approximate surface area is 130 Å². The number of thioether (sulfide) groups is 1. The minimum Gasteiger partial charge on any atom is -0.496 e. The Morgan fingerprint density at radius 1 is 1.24 bits per heavy atom. The highest BCUT2D eigenvalue weighted by atomic mass is 32.2. The van der Waals surface area contributed by atoms with Gasteiger partial charge in [-0.15, -0.1) is 11.8 Å². The van der Waals surface area contributed by atoms with E-state index >= 15 is 0 Å². The van der Waals surface area contributed by atoms with E-state index in [0.29, 0.717) is 5.75 Å². The number of likely N-dealkylation sites (tertiary alicyclic amines) is 1. The molecule has 114 valence electrons. The average molecular weight is 306 g/mol. The van der Waals surface area contributed by atoms with Gasteiger partial charge in [0.1, 0.15) is 11.1 Å². The molecule has 0 N–H and O–H groups in total. The molecule has 3 rings (SSSR count). The van der Waals surface area contributed by atoms with Crippen LogP contribution in [0, 0.1) is 0 Å². The summed E-state index contributed by atoms with van der Waals surface area (Å²) in [5, 5.41) is 0.0938. The zero-order valence-corrected chi connectivity index (χ0v) is 13.3. The highest BCUT2D eigenvalue weighted by Crippen LogP contribution is 2.42. The smallest absolute Gasteiger partial charge is 0.233 e. The average Bonchev–Trinajstić information content (AvgIpc) is 3.15. The molecule has 2 aliphatic heterocycles. The molecule has 0 aromatic heterocycles. The molecular weight excluding hydrogens is 284 g/mol. The molecule has 21 heavy (non-hydrogen) atoms. The quantitative estimate of drug-likeness (QED) is 0.836. The van der Waals surface area contributed by atoms with Crippen molar-refractivity contribution >= 4 is 17.7 Å². The predicted molar refractivity (Wildman–Crippen MR) is 85.6 cm³/mol. The van der Waals surface area contributed by atoms with Crippen molar-refractivity contribution in [1.29, 1.82) is 0 Å². The summed E-state index contributed by atoms with van der Waals surface area (Å²) in [6.07, 6.45) is 2.58. The molecule has 1 unspecified atom stereocenters. The van der Waals surface area contributed by atoms with Gasteiger partial charge in [-0.05, 0) is 32.0 Å². The van der Waals surface area contributed by atoms with Crippen LogP contribution in [-0.2, 0) is 4.79 Å². The van der Waals surface area contributed by atoms with E-state index in [1.807, 2.05) is 23.1 Å². The number of nitrogens with zero attached hydrogens (tertiary/aromatic N) is 2. The Balaban J connectivity index is 1.72. The minimum atomic E-state index is 0.0938. The highest BCUT2D eigenvalue weighted by molar-refractivity contribution is 8.00.